The number of carbonyl (C=O) groups is 1. The lowest BCUT2D eigenvalue weighted by molar-refractivity contribution is 0.0945. The summed E-state index contributed by atoms with van der Waals surface area (Å²) in [6.07, 6.45) is 0. The first-order valence-corrected chi connectivity index (χ1v) is 7.42. The summed E-state index contributed by atoms with van der Waals surface area (Å²) in [5, 5.41) is 4.87. The zero-order valence-corrected chi connectivity index (χ0v) is 13.5. The Labute approximate surface area is 142 Å². The minimum atomic E-state index is -0.415. The van der Waals surface area contributed by atoms with Crippen LogP contribution in [0.1, 0.15) is 10.4 Å². The smallest absolute Gasteiger partial charge is 0.336 e. The van der Waals surface area contributed by atoms with Gasteiger partial charge in [0.2, 0.25) is 0 Å². The summed E-state index contributed by atoms with van der Waals surface area (Å²) in [6.45, 7) is 0. The molecule has 0 spiro atoms. The highest BCUT2D eigenvalue weighted by Crippen LogP contribution is 2.28. The molecule has 0 N–H and O–H groups in total. The van der Waals surface area contributed by atoms with Gasteiger partial charge in [0.25, 0.3) is 5.91 Å². The number of rotatable bonds is 3. The fourth-order valence-corrected chi connectivity index (χ4v) is 2.52. The highest BCUT2D eigenvalue weighted by atomic mass is 35.5. The largest absolute Gasteiger partial charge is 0.466 e. The van der Waals surface area contributed by atoms with Crippen molar-refractivity contribution in [1.29, 1.82) is 0 Å². The molecule has 0 aliphatic rings. The van der Waals surface area contributed by atoms with Crippen molar-refractivity contribution in [3.8, 4) is 17.4 Å². The molecule has 0 unspecified atom stereocenters. The summed E-state index contributed by atoms with van der Waals surface area (Å²) in [4.78, 5) is 17.0. The molecular formula is C16H11Cl2N3O2. The first-order valence-electron chi connectivity index (χ1n) is 6.67. The minimum absolute atomic E-state index is 0.0697. The molecule has 2 aromatic carbocycles. The number of nitrogens with zero attached hydrogens (tertiary/aromatic N) is 3. The van der Waals surface area contributed by atoms with E-state index in [1.165, 1.54) is 7.11 Å². The predicted octanol–water partition coefficient (Wildman–Crippen LogP) is 3.95. The molecule has 0 atom stereocenters. The average Bonchev–Trinajstić information content (AvgIpc) is 2.99. The van der Waals surface area contributed by atoms with Gasteiger partial charge in [0.1, 0.15) is 0 Å². The van der Waals surface area contributed by atoms with Gasteiger partial charge in [-0.1, -0.05) is 47.5 Å². The third kappa shape index (κ3) is 2.93. The van der Waals surface area contributed by atoms with Crippen LogP contribution in [0.5, 0.6) is 6.01 Å². The van der Waals surface area contributed by atoms with Crippen LogP contribution in [-0.2, 0) is 0 Å². The van der Waals surface area contributed by atoms with Gasteiger partial charge in [0.15, 0.2) is 5.82 Å². The van der Waals surface area contributed by atoms with Crippen LogP contribution in [0.3, 0.4) is 0 Å². The van der Waals surface area contributed by atoms with E-state index in [2.05, 4.69) is 10.1 Å². The molecule has 0 bridgehead atoms. The number of hydrogen-bond donors (Lipinski definition) is 0. The van der Waals surface area contributed by atoms with Crippen molar-refractivity contribution >= 4 is 29.1 Å². The Morgan fingerprint density at radius 2 is 1.70 bits per heavy atom. The van der Waals surface area contributed by atoms with E-state index in [9.17, 15) is 4.79 Å². The number of methoxy groups -OCH3 is 1. The monoisotopic (exact) mass is 347 g/mol. The molecule has 0 amide bonds. The van der Waals surface area contributed by atoms with E-state index < -0.39 is 5.91 Å². The molecular weight excluding hydrogens is 337 g/mol. The summed E-state index contributed by atoms with van der Waals surface area (Å²) in [5.74, 6) is -0.126. The molecule has 5 nitrogen and oxygen atoms in total. The lowest BCUT2D eigenvalue weighted by atomic mass is 10.2. The number of carbonyl (C=O) groups excluding carboxylic acids is 1. The second kappa shape index (κ2) is 6.40. The van der Waals surface area contributed by atoms with Crippen LogP contribution in [0.2, 0.25) is 10.0 Å². The molecule has 3 aromatic rings. The van der Waals surface area contributed by atoms with Gasteiger partial charge in [0, 0.05) is 5.56 Å². The summed E-state index contributed by atoms with van der Waals surface area (Å²) >= 11 is 12.3. The zero-order valence-electron chi connectivity index (χ0n) is 12.0. The van der Waals surface area contributed by atoms with Gasteiger partial charge in [-0.2, -0.15) is 9.67 Å². The van der Waals surface area contributed by atoms with Crippen molar-refractivity contribution in [2.24, 2.45) is 0 Å². The molecule has 1 heterocycles. The fourth-order valence-electron chi connectivity index (χ4n) is 2.09. The first kappa shape index (κ1) is 15.5. The summed E-state index contributed by atoms with van der Waals surface area (Å²) in [7, 11) is 1.43. The molecule has 0 saturated heterocycles. The topological polar surface area (TPSA) is 57.0 Å². The van der Waals surface area contributed by atoms with Gasteiger partial charge < -0.3 is 4.74 Å². The number of hydrogen-bond acceptors (Lipinski definition) is 4. The number of benzene rings is 2. The molecule has 0 saturated carbocycles. The highest BCUT2D eigenvalue weighted by molar-refractivity contribution is 6.34. The number of ether oxygens (including phenoxy) is 1. The maximum atomic E-state index is 12.8. The molecule has 3 rings (SSSR count). The maximum absolute atomic E-state index is 12.8. The Kier molecular flexibility index (Phi) is 4.32. The average molecular weight is 348 g/mol. The third-order valence-corrected chi connectivity index (χ3v) is 3.84. The Morgan fingerprint density at radius 1 is 1.04 bits per heavy atom. The number of aromatic nitrogens is 3. The van der Waals surface area contributed by atoms with Crippen molar-refractivity contribution in [2.75, 3.05) is 7.11 Å². The van der Waals surface area contributed by atoms with Crippen LogP contribution in [0.4, 0.5) is 0 Å². The second-order valence-electron chi connectivity index (χ2n) is 4.60. The zero-order chi connectivity index (χ0) is 16.4. The SMILES string of the molecule is COc1nc(-c2ccccc2Cl)n(C(=O)c2ccccc2Cl)n1. The molecule has 1 aromatic heterocycles. The number of halogens is 2. The summed E-state index contributed by atoms with van der Waals surface area (Å²) in [6, 6.07) is 13.9. The van der Waals surface area contributed by atoms with E-state index in [0.29, 0.717) is 21.2 Å². The van der Waals surface area contributed by atoms with Gasteiger partial charge in [-0.15, -0.1) is 5.10 Å². The Bertz CT molecular complexity index is 877. The summed E-state index contributed by atoms with van der Waals surface area (Å²) in [5.41, 5.74) is 0.889. The standard InChI is InChI=1S/C16H11Cl2N3O2/c1-23-16-19-14(10-6-2-4-8-12(10)17)21(20-16)15(22)11-7-3-5-9-13(11)18/h2-9H,1H3. The van der Waals surface area contributed by atoms with E-state index >= 15 is 0 Å². The van der Waals surface area contributed by atoms with Crippen molar-refractivity contribution < 1.29 is 9.53 Å². The molecule has 7 heteroatoms. The van der Waals surface area contributed by atoms with Gasteiger partial charge in [-0.3, -0.25) is 4.79 Å². The van der Waals surface area contributed by atoms with Crippen molar-refractivity contribution in [3.63, 3.8) is 0 Å². The van der Waals surface area contributed by atoms with E-state index in [1.54, 1.807) is 48.5 Å². The Morgan fingerprint density at radius 3 is 2.35 bits per heavy atom. The maximum Gasteiger partial charge on any atom is 0.336 e. The first-order chi connectivity index (χ1) is 11.1. The lowest BCUT2D eigenvalue weighted by Gasteiger charge is -2.07. The van der Waals surface area contributed by atoms with Crippen LogP contribution in [0.15, 0.2) is 48.5 Å². The highest BCUT2D eigenvalue weighted by Gasteiger charge is 2.22. The molecule has 116 valence electrons. The fraction of sp³-hybridized carbons (Fsp3) is 0.0625. The second-order valence-corrected chi connectivity index (χ2v) is 5.41. The van der Waals surface area contributed by atoms with Crippen LogP contribution in [0.25, 0.3) is 11.4 Å². The molecule has 0 radical (unpaired) electrons. The Balaban J connectivity index is 2.17. The minimum Gasteiger partial charge on any atom is -0.466 e. The lowest BCUT2D eigenvalue weighted by Crippen LogP contribution is -2.15. The van der Waals surface area contributed by atoms with E-state index in [0.717, 1.165) is 4.68 Å². The van der Waals surface area contributed by atoms with Crippen molar-refractivity contribution in [1.82, 2.24) is 14.8 Å². The molecule has 0 aliphatic carbocycles. The van der Waals surface area contributed by atoms with Crippen LogP contribution >= 0.6 is 23.2 Å². The van der Waals surface area contributed by atoms with Crippen LogP contribution in [-0.4, -0.2) is 27.8 Å². The van der Waals surface area contributed by atoms with Crippen molar-refractivity contribution in [3.05, 3.63) is 64.1 Å². The molecule has 0 aliphatic heterocycles. The van der Waals surface area contributed by atoms with Gasteiger partial charge >= 0.3 is 6.01 Å². The van der Waals surface area contributed by atoms with E-state index in [4.69, 9.17) is 27.9 Å². The van der Waals surface area contributed by atoms with Crippen LogP contribution in [0, 0.1) is 0 Å². The van der Waals surface area contributed by atoms with E-state index in [1.807, 2.05) is 0 Å². The van der Waals surface area contributed by atoms with Gasteiger partial charge in [0.05, 0.1) is 22.7 Å². The molecule has 0 fully saturated rings. The Hall–Kier alpha value is -2.37. The molecule has 23 heavy (non-hydrogen) atoms. The van der Waals surface area contributed by atoms with Gasteiger partial charge in [-0.05, 0) is 24.3 Å². The summed E-state index contributed by atoms with van der Waals surface area (Å²) < 4.78 is 6.18. The third-order valence-electron chi connectivity index (χ3n) is 3.18. The normalized spacial score (nSPS) is 10.6. The van der Waals surface area contributed by atoms with Crippen molar-refractivity contribution in [2.45, 2.75) is 0 Å². The quantitative estimate of drug-likeness (QED) is 0.719. The van der Waals surface area contributed by atoms with Gasteiger partial charge in [-0.25, -0.2) is 0 Å². The van der Waals surface area contributed by atoms with Crippen LogP contribution < -0.4 is 4.74 Å². The predicted molar refractivity (Wildman–Crippen MR) is 88.2 cm³/mol. The van der Waals surface area contributed by atoms with E-state index in [-0.39, 0.29) is 11.8 Å².